The number of carbonyl (C=O) groups is 5. The Morgan fingerprint density at radius 2 is 0.546 bits per heavy atom. The molecule has 0 spiro atoms. The molecule has 4 amide bonds. The first-order chi connectivity index (χ1) is 51.5. The predicted octanol–water partition coefficient (Wildman–Crippen LogP) is 16.4. The molecule has 0 saturated carbocycles. The molecule has 0 aliphatic rings. The zero-order valence-corrected chi connectivity index (χ0v) is 76.6. The standard InChI is InChI=1S/C83H164N4O17P2.2Na.2H/c1-7-13-19-25-29-33-35-39-41-47-53-59-79(88)86-75(71-97-67-63-77(57-51-45-23-17-11-5)103-81(90)61-55-49-43-37-31-27-21-15-9-3)73-101-105(93,94)99-69-65-84-83(92)85-66-70-100-106(95,96)102-74-76(87-80(89)60-54-48-42-40-36-34-30-26-20-14-8-2)72-98-68-64-78(58-52-46-24-18-12-6)104-82(91)62-56-50-44-38-32-28-22-16-10-4;;;;/h75-78H,7-74H2,1-6H3,(H,86,88)(H,87,89)(H,93,94)(H,95,96)(H2,84,85,92);;;;/q;2*+1;2*-1/t75-,76+,77-,78-;;;;/m1..../s1. The summed E-state index contributed by atoms with van der Waals surface area (Å²) in [6.45, 7) is 11.6. The number of carbonyl (C=O) groups excluding carboxylic acids is 5. The van der Waals surface area contributed by atoms with Crippen LogP contribution >= 0.6 is 15.6 Å². The van der Waals surface area contributed by atoms with E-state index in [1.807, 2.05) is 0 Å². The number of phosphoric ester groups is 2. The number of amides is 4. The van der Waals surface area contributed by atoms with Crippen molar-refractivity contribution >= 4 is 45.4 Å². The molecule has 2 unspecified atom stereocenters. The van der Waals surface area contributed by atoms with Crippen LogP contribution in [-0.4, -0.2) is 130 Å². The molecule has 0 aliphatic carbocycles. The van der Waals surface area contributed by atoms with Gasteiger partial charge in [-0.05, 0) is 51.4 Å². The number of nitrogens with one attached hydrogen (secondary N) is 4. The molecule has 0 rings (SSSR count). The van der Waals surface area contributed by atoms with Gasteiger partial charge in [0.05, 0.1) is 64.9 Å². The molecule has 0 bridgehead atoms. The summed E-state index contributed by atoms with van der Waals surface area (Å²) in [7, 11) is -9.41. The van der Waals surface area contributed by atoms with Crippen LogP contribution in [0.3, 0.4) is 0 Å². The number of urea groups is 1. The topological polar surface area (TPSA) is 282 Å². The summed E-state index contributed by atoms with van der Waals surface area (Å²) in [6, 6.07) is -2.32. The first kappa shape index (κ1) is 111. The predicted molar refractivity (Wildman–Crippen MR) is 434 cm³/mol. The number of unbranched alkanes of at least 4 members (excludes halogenated alkanes) is 44. The van der Waals surface area contributed by atoms with E-state index in [0.29, 0.717) is 38.5 Å². The summed E-state index contributed by atoms with van der Waals surface area (Å²) < 4.78 is 71.7. The number of rotatable bonds is 84. The summed E-state index contributed by atoms with van der Waals surface area (Å²) in [4.78, 5) is 86.8. The normalized spacial score (nSPS) is 13.6. The van der Waals surface area contributed by atoms with E-state index in [9.17, 15) is 42.9 Å². The third kappa shape index (κ3) is 80.5. The molecule has 0 aromatic heterocycles. The Morgan fingerprint density at radius 1 is 0.306 bits per heavy atom. The molecule has 25 heteroatoms. The second-order valence-corrected chi connectivity index (χ2v) is 32.9. The minimum Gasteiger partial charge on any atom is -1.00 e. The fourth-order valence-electron chi connectivity index (χ4n) is 12.9. The van der Waals surface area contributed by atoms with Crippen molar-refractivity contribution < 1.29 is 142 Å². The average molecular weight is 1600 g/mol. The van der Waals surface area contributed by atoms with Crippen LogP contribution < -0.4 is 80.4 Å². The van der Waals surface area contributed by atoms with Gasteiger partial charge in [-0.25, -0.2) is 13.9 Å². The van der Waals surface area contributed by atoms with Gasteiger partial charge in [0.1, 0.15) is 12.2 Å². The zero-order valence-electron chi connectivity index (χ0n) is 72.8. The van der Waals surface area contributed by atoms with Crippen LogP contribution in [-0.2, 0) is 65.4 Å². The number of hydrogen-bond acceptors (Lipinski definition) is 15. The van der Waals surface area contributed by atoms with E-state index in [-0.39, 0.29) is 150 Å². The summed E-state index contributed by atoms with van der Waals surface area (Å²) in [5.74, 6) is -0.846. The molecule has 21 nitrogen and oxygen atoms in total. The van der Waals surface area contributed by atoms with Crippen molar-refractivity contribution in [3.63, 3.8) is 0 Å². The Labute approximate surface area is 707 Å². The monoisotopic (exact) mass is 1600 g/mol. The summed E-state index contributed by atoms with van der Waals surface area (Å²) in [6.07, 6.45) is 59.9. The summed E-state index contributed by atoms with van der Waals surface area (Å²) in [5.41, 5.74) is 0. The van der Waals surface area contributed by atoms with Gasteiger partial charge >= 0.3 is 92.7 Å². The van der Waals surface area contributed by atoms with Crippen LogP contribution in [0.25, 0.3) is 0 Å². The van der Waals surface area contributed by atoms with Crippen molar-refractivity contribution in [1.82, 2.24) is 21.3 Å². The van der Waals surface area contributed by atoms with Crippen molar-refractivity contribution in [1.29, 1.82) is 0 Å². The van der Waals surface area contributed by atoms with Crippen molar-refractivity contribution in [2.45, 2.75) is 438 Å². The Morgan fingerprint density at radius 3 is 0.815 bits per heavy atom. The van der Waals surface area contributed by atoms with E-state index in [1.165, 1.54) is 167 Å². The number of hydrogen-bond donors (Lipinski definition) is 6. The van der Waals surface area contributed by atoms with Gasteiger partial charge in [0.15, 0.2) is 0 Å². The Balaban J connectivity index is -0.00000919. The van der Waals surface area contributed by atoms with Crippen molar-refractivity contribution in [3.05, 3.63) is 0 Å². The van der Waals surface area contributed by atoms with E-state index in [1.54, 1.807) is 0 Å². The van der Waals surface area contributed by atoms with Crippen LogP contribution in [0.5, 0.6) is 0 Å². The smallest absolute Gasteiger partial charge is 1.00 e. The van der Waals surface area contributed by atoms with Gasteiger partial charge in [-0.2, -0.15) is 0 Å². The van der Waals surface area contributed by atoms with E-state index < -0.39 is 60.2 Å². The van der Waals surface area contributed by atoms with Crippen LogP contribution in [0.15, 0.2) is 0 Å². The Hall–Kier alpha value is -0.710. The third-order valence-corrected chi connectivity index (χ3v) is 21.5. The molecule has 6 atom stereocenters. The van der Waals surface area contributed by atoms with Gasteiger partial charge in [-0.15, -0.1) is 0 Å². The second kappa shape index (κ2) is 84.2. The van der Waals surface area contributed by atoms with E-state index in [4.69, 9.17) is 37.0 Å². The van der Waals surface area contributed by atoms with Gasteiger partial charge in [-0.3, -0.25) is 37.3 Å². The number of phosphoric acid groups is 2. The van der Waals surface area contributed by atoms with Gasteiger partial charge in [0.2, 0.25) is 11.8 Å². The molecule has 0 aromatic carbocycles. The zero-order chi connectivity index (χ0) is 77.8. The fourth-order valence-corrected chi connectivity index (χ4v) is 14.5. The van der Waals surface area contributed by atoms with Crippen molar-refractivity contribution in [3.8, 4) is 0 Å². The Bertz CT molecular complexity index is 1990. The minimum atomic E-state index is -4.70. The second-order valence-electron chi connectivity index (χ2n) is 30.0. The first-order valence-electron chi connectivity index (χ1n) is 43.9. The molecule has 0 heterocycles. The number of ether oxygens (including phenoxy) is 4. The summed E-state index contributed by atoms with van der Waals surface area (Å²) in [5, 5.41) is 10.8. The van der Waals surface area contributed by atoms with Crippen LogP contribution in [0.4, 0.5) is 4.79 Å². The molecule has 0 fully saturated rings. The van der Waals surface area contributed by atoms with Gasteiger partial charge in [-0.1, -0.05) is 324 Å². The van der Waals surface area contributed by atoms with Gasteiger partial charge in [0.25, 0.3) is 0 Å². The van der Waals surface area contributed by atoms with Crippen LogP contribution in [0, 0.1) is 0 Å². The summed E-state index contributed by atoms with van der Waals surface area (Å²) >= 11 is 0. The maximum Gasteiger partial charge on any atom is 1.00 e. The minimum absolute atomic E-state index is 0. The molecule has 632 valence electrons. The van der Waals surface area contributed by atoms with Crippen molar-refractivity contribution in [2.24, 2.45) is 0 Å². The first-order valence-corrected chi connectivity index (χ1v) is 46.9. The fraction of sp³-hybridized carbons (Fsp3) is 0.940. The molecular weight excluding hydrogens is 1430 g/mol. The quantitative estimate of drug-likeness (QED) is 0.0143. The molecule has 108 heavy (non-hydrogen) atoms. The SMILES string of the molecule is CCCCCCCCCCCCCC(=O)N[C@H](COCC[C@@H](CCCCCCC)OC(=O)CCCCCCCCCCC)COP(=O)(O)OCCNC(=O)NCCOP(=O)(O)OC[C@H](COCC[C@@H](CCCCCCC)OC(=O)CCCCCCCCCCC)NC(=O)CCCCCCCCCCCCC.[H-].[H-].[Na+].[Na+]. The molecular formula is C83H166N4Na2O17P2. The number of esters is 2. The maximum atomic E-state index is 13.3. The molecule has 0 saturated heterocycles. The molecule has 0 aromatic rings. The van der Waals surface area contributed by atoms with E-state index in [0.717, 1.165) is 154 Å². The molecule has 0 aliphatic heterocycles. The average Bonchev–Trinajstić information content (AvgIpc) is 0.913. The molecule has 0 radical (unpaired) electrons. The maximum absolute atomic E-state index is 13.3. The van der Waals surface area contributed by atoms with Crippen LogP contribution in [0.2, 0.25) is 0 Å². The molecule has 6 N–H and O–H groups in total. The van der Waals surface area contributed by atoms with E-state index >= 15 is 0 Å². The third-order valence-electron chi connectivity index (χ3n) is 19.5. The van der Waals surface area contributed by atoms with Gasteiger partial charge < -0.3 is 52.9 Å². The van der Waals surface area contributed by atoms with E-state index in [2.05, 4.69) is 62.8 Å². The largest absolute Gasteiger partial charge is 1.00 e. The Kier molecular flexibility index (Phi) is 86.9. The van der Waals surface area contributed by atoms with Crippen LogP contribution in [0.1, 0.15) is 417 Å². The van der Waals surface area contributed by atoms with Gasteiger partial charge in [0, 0.05) is 51.6 Å². The van der Waals surface area contributed by atoms with Crippen molar-refractivity contribution in [2.75, 3.05) is 65.9 Å².